The maximum atomic E-state index is 12.7. The third-order valence-corrected chi connectivity index (χ3v) is 5.42. The molecule has 0 aromatic rings. The van der Waals surface area contributed by atoms with Crippen molar-refractivity contribution in [2.75, 3.05) is 13.1 Å². The van der Waals surface area contributed by atoms with E-state index in [0.29, 0.717) is 23.8 Å². The van der Waals surface area contributed by atoms with E-state index in [2.05, 4.69) is 11.8 Å². The van der Waals surface area contributed by atoms with Gasteiger partial charge in [0.05, 0.1) is 0 Å². The highest BCUT2D eigenvalue weighted by molar-refractivity contribution is 5.76. The van der Waals surface area contributed by atoms with Crippen molar-refractivity contribution in [3.8, 4) is 0 Å². The van der Waals surface area contributed by atoms with Crippen LogP contribution in [0.5, 0.6) is 0 Å². The predicted octanol–water partition coefficient (Wildman–Crippen LogP) is 3.32. The summed E-state index contributed by atoms with van der Waals surface area (Å²) in [5.41, 5.74) is 5.93. The Morgan fingerprint density at radius 3 is 2.35 bits per heavy atom. The van der Waals surface area contributed by atoms with Crippen LogP contribution in [0.2, 0.25) is 0 Å². The predicted molar refractivity (Wildman–Crippen MR) is 83.4 cm³/mol. The van der Waals surface area contributed by atoms with Gasteiger partial charge in [-0.1, -0.05) is 32.1 Å². The first kappa shape index (κ1) is 15.8. The molecule has 2 fully saturated rings. The van der Waals surface area contributed by atoms with E-state index >= 15 is 0 Å². The monoisotopic (exact) mass is 280 g/mol. The number of nitrogens with two attached hydrogens (primary N) is 1. The second-order valence-electron chi connectivity index (χ2n) is 6.74. The molecule has 0 bridgehead atoms. The zero-order chi connectivity index (χ0) is 14.4. The Morgan fingerprint density at radius 1 is 1.05 bits per heavy atom. The third-order valence-electron chi connectivity index (χ3n) is 5.42. The Bertz CT molecular complexity index is 299. The Kier molecular flexibility index (Phi) is 6.34. The quantitative estimate of drug-likeness (QED) is 0.839. The molecule has 1 amide bonds. The molecular weight excluding hydrogens is 248 g/mol. The molecule has 0 aliphatic heterocycles. The fraction of sp³-hybridized carbons (Fsp3) is 0.941. The molecule has 2 rings (SSSR count). The lowest BCUT2D eigenvalue weighted by Gasteiger charge is -2.40. The molecule has 20 heavy (non-hydrogen) atoms. The normalized spacial score (nSPS) is 28.3. The van der Waals surface area contributed by atoms with Crippen molar-refractivity contribution in [3.63, 3.8) is 0 Å². The molecule has 0 saturated heterocycles. The first-order valence-electron chi connectivity index (χ1n) is 8.75. The van der Waals surface area contributed by atoms with Gasteiger partial charge in [-0.3, -0.25) is 4.79 Å². The van der Waals surface area contributed by atoms with Crippen molar-refractivity contribution in [1.29, 1.82) is 0 Å². The van der Waals surface area contributed by atoms with Crippen molar-refractivity contribution in [3.05, 3.63) is 0 Å². The van der Waals surface area contributed by atoms with Crippen molar-refractivity contribution < 1.29 is 4.79 Å². The number of nitrogens with zero attached hydrogens (tertiary/aromatic N) is 1. The van der Waals surface area contributed by atoms with E-state index in [1.165, 1.54) is 51.4 Å². The van der Waals surface area contributed by atoms with Crippen LogP contribution in [0.15, 0.2) is 0 Å². The molecule has 116 valence electrons. The molecular formula is C17H32N2O. The molecule has 0 aromatic carbocycles. The number of hydrogen-bond donors (Lipinski definition) is 1. The van der Waals surface area contributed by atoms with Gasteiger partial charge in [0.15, 0.2) is 0 Å². The smallest absolute Gasteiger partial charge is 0.223 e. The minimum atomic E-state index is 0.393. The fourth-order valence-electron chi connectivity index (χ4n) is 4.22. The minimum absolute atomic E-state index is 0.393. The summed E-state index contributed by atoms with van der Waals surface area (Å²) in [5, 5.41) is 0. The number of hydrogen-bond acceptors (Lipinski definition) is 2. The topological polar surface area (TPSA) is 46.3 Å². The van der Waals surface area contributed by atoms with Crippen LogP contribution in [0.25, 0.3) is 0 Å². The van der Waals surface area contributed by atoms with Crippen molar-refractivity contribution >= 4 is 5.91 Å². The van der Waals surface area contributed by atoms with Gasteiger partial charge in [-0.2, -0.15) is 0 Å². The van der Waals surface area contributed by atoms with Gasteiger partial charge < -0.3 is 10.6 Å². The summed E-state index contributed by atoms with van der Waals surface area (Å²) in [6, 6.07) is 0.412. The molecule has 0 radical (unpaired) electrons. The van der Waals surface area contributed by atoms with Gasteiger partial charge in [0, 0.05) is 19.0 Å². The van der Waals surface area contributed by atoms with Crippen molar-refractivity contribution in [2.24, 2.45) is 17.6 Å². The lowest BCUT2D eigenvalue weighted by atomic mass is 9.82. The summed E-state index contributed by atoms with van der Waals surface area (Å²) in [6.45, 7) is 3.71. The first-order chi connectivity index (χ1) is 9.76. The average molecular weight is 280 g/mol. The third kappa shape index (κ3) is 3.97. The van der Waals surface area contributed by atoms with Crippen LogP contribution in [-0.2, 0) is 4.79 Å². The molecule has 2 aliphatic rings. The number of carbonyl (C=O) groups is 1. The Hall–Kier alpha value is -0.570. The highest BCUT2D eigenvalue weighted by Crippen LogP contribution is 2.31. The standard InChI is InChI=1S/C17H32N2O/c1-2-19(16-11-7-6-10-15(16)13-18)17(20)12-14-8-4-3-5-9-14/h14-16H,2-13,18H2,1H3. The largest absolute Gasteiger partial charge is 0.340 e. The Balaban J connectivity index is 1.93. The fourth-order valence-corrected chi connectivity index (χ4v) is 4.22. The maximum Gasteiger partial charge on any atom is 0.223 e. The zero-order valence-electron chi connectivity index (χ0n) is 13.2. The lowest BCUT2D eigenvalue weighted by Crippen LogP contribution is -2.48. The average Bonchev–Trinajstić information content (AvgIpc) is 2.49. The van der Waals surface area contributed by atoms with Crippen molar-refractivity contribution in [2.45, 2.75) is 77.2 Å². The second-order valence-corrected chi connectivity index (χ2v) is 6.74. The summed E-state index contributed by atoms with van der Waals surface area (Å²) in [6.07, 6.45) is 12.2. The SMILES string of the molecule is CCN(C(=O)CC1CCCCC1)C1CCCCC1CN. The van der Waals surface area contributed by atoms with Gasteiger partial charge >= 0.3 is 0 Å². The lowest BCUT2D eigenvalue weighted by molar-refractivity contribution is -0.136. The molecule has 2 atom stereocenters. The van der Waals surface area contributed by atoms with E-state index in [0.717, 1.165) is 25.9 Å². The molecule has 2 unspecified atom stereocenters. The van der Waals surface area contributed by atoms with E-state index in [1.807, 2.05) is 0 Å². The summed E-state index contributed by atoms with van der Waals surface area (Å²) in [7, 11) is 0. The molecule has 2 aliphatic carbocycles. The minimum Gasteiger partial charge on any atom is -0.340 e. The van der Waals surface area contributed by atoms with Crippen LogP contribution in [0.1, 0.15) is 71.1 Å². The van der Waals surface area contributed by atoms with Crippen LogP contribution in [-0.4, -0.2) is 29.9 Å². The summed E-state index contributed by atoms with van der Waals surface area (Å²) in [5.74, 6) is 1.56. The van der Waals surface area contributed by atoms with Gasteiger partial charge in [-0.05, 0) is 51.0 Å². The summed E-state index contributed by atoms with van der Waals surface area (Å²) in [4.78, 5) is 14.8. The summed E-state index contributed by atoms with van der Waals surface area (Å²) < 4.78 is 0. The van der Waals surface area contributed by atoms with Gasteiger partial charge in [-0.25, -0.2) is 0 Å². The molecule has 3 nitrogen and oxygen atoms in total. The summed E-state index contributed by atoms with van der Waals surface area (Å²) >= 11 is 0. The van der Waals surface area contributed by atoms with Gasteiger partial charge in [0.25, 0.3) is 0 Å². The molecule has 0 spiro atoms. The highest BCUT2D eigenvalue weighted by atomic mass is 16.2. The highest BCUT2D eigenvalue weighted by Gasteiger charge is 2.32. The number of rotatable bonds is 5. The van der Waals surface area contributed by atoms with Gasteiger partial charge in [0.2, 0.25) is 5.91 Å². The van der Waals surface area contributed by atoms with Crippen LogP contribution in [0.3, 0.4) is 0 Å². The number of carbonyl (C=O) groups excluding carboxylic acids is 1. The van der Waals surface area contributed by atoms with Crippen molar-refractivity contribution in [1.82, 2.24) is 4.90 Å². The molecule has 2 N–H and O–H groups in total. The molecule has 2 saturated carbocycles. The molecule has 0 aromatic heterocycles. The van der Waals surface area contributed by atoms with Gasteiger partial charge in [0.1, 0.15) is 0 Å². The zero-order valence-corrected chi connectivity index (χ0v) is 13.2. The van der Waals surface area contributed by atoms with Crippen LogP contribution in [0.4, 0.5) is 0 Å². The van der Waals surface area contributed by atoms with Crippen LogP contribution >= 0.6 is 0 Å². The number of amides is 1. The van der Waals surface area contributed by atoms with E-state index in [9.17, 15) is 4.79 Å². The Labute approximate surface area is 124 Å². The van der Waals surface area contributed by atoms with Crippen LogP contribution in [0, 0.1) is 11.8 Å². The van der Waals surface area contributed by atoms with E-state index in [1.54, 1.807) is 0 Å². The maximum absolute atomic E-state index is 12.7. The Morgan fingerprint density at radius 2 is 1.70 bits per heavy atom. The van der Waals surface area contributed by atoms with E-state index in [4.69, 9.17) is 5.73 Å². The second kappa shape index (κ2) is 8.02. The van der Waals surface area contributed by atoms with Gasteiger partial charge in [-0.15, -0.1) is 0 Å². The van der Waals surface area contributed by atoms with E-state index < -0.39 is 0 Å². The molecule has 3 heteroatoms. The molecule has 0 heterocycles. The van der Waals surface area contributed by atoms with E-state index in [-0.39, 0.29) is 0 Å². The van der Waals surface area contributed by atoms with Crippen LogP contribution < -0.4 is 5.73 Å². The first-order valence-corrected chi connectivity index (χ1v) is 8.75.